The second kappa shape index (κ2) is 7.64. The lowest BCUT2D eigenvalue weighted by Crippen LogP contribution is -2.57. The van der Waals surface area contributed by atoms with Crippen LogP contribution in [-0.2, 0) is 17.8 Å². The minimum absolute atomic E-state index is 0.0304. The van der Waals surface area contributed by atoms with E-state index in [1.54, 1.807) is 24.2 Å². The third-order valence-corrected chi connectivity index (χ3v) is 4.73. The van der Waals surface area contributed by atoms with E-state index in [4.69, 9.17) is 0 Å². The lowest BCUT2D eigenvalue weighted by molar-refractivity contribution is -0.140. The van der Waals surface area contributed by atoms with Crippen molar-refractivity contribution in [3.8, 4) is 0 Å². The molecule has 0 saturated carbocycles. The first kappa shape index (κ1) is 18.0. The third kappa shape index (κ3) is 3.74. The Hall–Kier alpha value is -2.76. The maximum absolute atomic E-state index is 12.8. The quantitative estimate of drug-likeness (QED) is 0.846. The molecule has 1 aromatic heterocycles. The Bertz CT molecular complexity index is 804. The smallest absolute Gasteiger partial charge is 0.257 e. The first-order valence-corrected chi connectivity index (χ1v) is 8.95. The highest BCUT2D eigenvalue weighted by Gasteiger charge is 2.34. The molecule has 1 aromatic carbocycles. The van der Waals surface area contributed by atoms with Crippen LogP contribution in [0, 0.1) is 6.92 Å². The van der Waals surface area contributed by atoms with Crippen LogP contribution in [0.3, 0.4) is 0 Å². The molecule has 2 heterocycles. The van der Waals surface area contributed by atoms with Crippen molar-refractivity contribution in [1.82, 2.24) is 19.8 Å². The molecule has 1 saturated heterocycles. The summed E-state index contributed by atoms with van der Waals surface area (Å²) in [5.41, 5.74) is 2.70. The van der Waals surface area contributed by atoms with Crippen LogP contribution in [0.1, 0.15) is 41.2 Å². The molecule has 2 amide bonds. The number of nitrogens with zero attached hydrogens (tertiary/aromatic N) is 4. The first-order valence-electron chi connectivity index (χ1n) is 8.95. The standard InChI is InChI=1S/C20H24N4O2/c1-4-18-21-11-17(12-22-18)20(26)24-9-8-23(19(25)15(24)3)13-16-7-5-6-14(2)10-16/h5-7,10-12,15H,4,8-9,13H2,1-3H3. The van der Waals surface area contributed by atoms with Crippen molar-refractivity contribution < 1.29 is 9.59 Å². The third-order valence-electron chi connectivity index (χ3n) is 4.73. The second-order valence-corrected chi connectivity index (χ2v) is 6.66. The van der Waals surface area contributed by atoms with E-state index in [-0.39, 0.29) is 11.8 Å². The molecule has 0 aliphatic carbocycles. The molecular formula is C20H24N4O2. The van der Waals surface area contributed by atoms with Crippen molar-refractivity contribution in [1.29, 1.82) is 0 Å². The zero-order valence-electron chi connectivity index (χ0n) is 15.5. The molecule has 6 nitrogen and oxygen atoms in total. The Kier molecular flexibility index (Phi) is 5.30. The molecule has 0 N–H and O–H groups in total. The van der Waals surface area contributed by atoms with Gasteiger partial charge in [-0.15, -0.1) is 0 Å². The van der Waals surface area contributed by atoms with E-state index in [1.165, 1.54) is 5.56 Å². The monoisotopic (exact) mass is 352 g/mol. The van der Waals surface area contributed by atoms with Gasteiger partial charge in [-0.3, -0.25) is 9.59 Å². The molecular weight excluding hydrogens is 328 g/mol. The lowest BCUT2D eigenvalue weighted by atomic mass is 10.1. The topological polar surface area (TPSA) is 66.4 Å². The fraction of sp³-hybridized carbons (Fsp3) is 0.400. The van der Waals surface area contributed by atoms with Gasteiger partial charge in [0, 0.05) is 38.4 Å². The normalized spacial score (nSPS) is 17.5. The van der Waals surface area contributed by atoms with Crippen LogP contribution < -0.4 is 0 Å². The van der Waals surface area contributed by atoms with E-state index in [0.717, 1.165) is 12.0 Å². The van der Waals surface area contributed by atoms with Gasteiger partial charge in [-0.2, -0.15) is 0 Å². The van der Waals surface area contributed by atoms with Crippen LogP contribution in [-0.4, -0.2) is 50.7 Å². The molecule has 3 rings (SSSR count). The molecule has 1 aliphatic heterocycles. The number of aryl methyl sites for hydroxylation is 2. The predicted octanol–water partition coefficient (Wildman–Crippen LogP) is 2.22. The molecule has 6 heteroatoms. The van der Waals surface area contributed by atoms with Crippen molar-refractivity contribution >= 4 is 11.8 Å². The summed E-state index contributed by atoms with van der Waals surface area (Å²) in [7, 11) is 0. The number of carbonyl (C=O) groups excluding carboxylic acids is 2. The maximum atomic E-state index is 12.8. The number of rotatable bonds is 4. The highest BCUT2D eigenvalue weighted by atomic mass is 16.2. The summed E-state index contributed by atoms with van der Waals surface area (Å²) in [4.78, 5) is 37.3. The number of hydrogen-bond donors (Lipinski definition) is 0. The zero-order chi connectivity index (χ0) is 18.7. The van der Waals surface area contributed by atoms with Gasteiger partial charge in [0.1, 0.15) is 11.9 Å². The Labute approximate surface area is 153 Å². The molecule has 0 radical (unpaired) electrons. The van der Waals surface area contributed by atoms with E-state index in [0.29, 0.717) is 31.0 Å². The van der Waals surface area contributed by atoms with Crippen molar-refractivity contribution in [2.24, 2.45) is 0 Å². The van der Waals surface area contributed by atoms with Crippen LogP contribution in [0.5, 0.6) is 0 Å². The number of carbonyl (C=O) groups is 2. The fourth-order valence-corrected chi connectivity index (χ4v) is 3.21. The largest absolute Gasteiger partial charge is 0.335 e. The van der Waals surface area contributed by atoms with Crippen molar-refractivity contribution in [2.75, 3.05) is 13.1 Å². The minimum atomic E-state index is -0.494. The lowest BCUT2D eigenvalue weighted by Gasteiger charge is -2.39. The second-order valence-electron chi connectivity index (χ2n) is 6.66. The Morgan fingerprint density at radius 3 is 2.62 bits per heavy atom. The number of amides is 2. The summed E-state index contributed by atoms with van der Waals surface area (Å²) in [5.74, 6) is 0.481. The van der Waals surface area contributed by atoms with Gasteiger partial charge in [0.25, 0.3) is 5.91 Å². The van der Waals surface area contributed by atoms with Gasteiger partial charge in [0.2, 0.25) is 5.91 Å². The Morgan fingerprint density at radius 1 is 1.23 bits per heavy atom. The number of piperazine rings is 1. The van der Waals surface area contributed by atoms with Crippen molar-refractivity contribution in [2.45, 2.75) is 39.8 Å². The van der Waals surface area contributed by atoms with Crippen LogP contribution >= 0.6 is 0 Å². The highest BCUT2D eigenvalue weighted by Crippen LogP contribution is 2.17. The number of benzene rings is 1. The maximum Gasteiger partial charge on any atom is 0.257 e. The molecule has 1 unspecified atom stereocenters. The van der Waals surface area contributed by atoms with Crippen LogP contribution in [0.25, 0.3) is 0 Å². The van der Waals surface area contributed by atoms with Crippen LogP contribution in [0.15, 0.2) is 36.7 Å². The van der Waals surface area contributed by atoms with Crippen LogP contribution in [0.4, 0.5) is 0 Å². The van der Waals surface area contributed by atoms with E-state index in [1.807, 2.05) is 36.9 Å². The summed E-state index contributed by atoms with van der Waals surface area (Å²) in [6.45, 7) is 7.39. The summed E-state index contributed by atoms with van der Waals surface area (Å²) >= 11 is 0. The summed E-state index contributed by atoms with van der Waals surface area (Å²) in [5, 5.41) is 0. The molecule has 0 bridgehead atoms. The molecule has 2 aromatic rings. The van der Waals surface area contributed by atoms with E-state index >= 15 is 0 Å². The van der Waals surface area contributed by atoms with Gasteiger partial charge >= 0.3 is 0 Å². The summed E-state index contributed by atoms with van der Waals surface area (Å²) in [6, 6.07) is 7.65. The van der Waals surface area contributed by atoms with Crippen LogP contribution in [0.2, 0.25) is 0 Å². The van der Waals surface area contributed by atoms with E-state index in [2.05, 4.69) is 16.0 Å². The van der Waals surface area contributed by atoms with Gasteiger partial charge < -0.3 is 9.80 Å². The Morgan fingerprint density at radius 2 is 1.96 bits per heavy atom. The van der Waals surface area contributed by atoms with Gasteiger partial charge in [0.15, 0.2) is 0 Å². The van der Waals surface area contributed by atoms with Gasteiger partial charge in [0.05, 0.1) is 5.56 Å². The summed E-state index contributed by atoms with van der Waals surface area (Å²) in [6.07, 6.45) is 3.82. The number of hydrogen-bond acceptors (Lipinski definition) is 4. The van der Waals surface area contributed by atoms with Gasteiger partial charge in [-0.05, 0) is 19.4 Å². The average molecular weight is 352 g/mol. The molecule has 0 spiro atoms. The number of aromatic nitrogens is 2. The van der Waals surface area contributed by atoms with Gasteiger partial charge in [-0.25, -0.2) is 9.97 Å². The minimum Gasteiger partial charge on any atom is -0.335 e. The molecule has 1 aliphatic rings. The summed E-state index contributed by atoms with van der Waals surface area (Å²) < 4.78 is 0. The van der Waals surface area contributed by atoms with E-state index in [9.17, 15) is 9.59 Å². The SMILES string of the molecule is CCc1ncc(C(=O)N2CCN(Cc3cccc(C)c3)C(=O)C2C)cn1. The van der Waals surface area contributed by atoms with Crippen molar-refractivity contribution in [3.63, 3.8) is 0 Å². The molecule has 1 fully saturated rings. The predicted molar refractivity (Wildman–Crippen MR) is 98.5 cm³/mol. The molecule has 1 atom stereocenters. The van der Waals surface area contributed by atoms with Crippen molar-refractivity contribution in [3.05, 3.63) is 59.2 Å². The first-order chi connectivity index (χ1) is 12.5. The fourth-order valence-electron chi connectivity index (χ4n) is 3.21. The van der Waals surface area contributed by atoms with E-state index < -0.39 is 6.04 Å². The molecule has 136 valence electrons. The van der Waals surface area contributed by atoms with Gasteiger partial charge in [-0.1, -0.05) is 36.8 Å². The zero-order valence-corrected chi connectivity index (χ0v) is 15.5. The Balaban J connectivity index is 1.69. The molecule has 26 heavy (non-hydrogen) atoms. The average Bonchev–Trinajstić information content (AvgIpc) is 2.65. The highest BCUT2D eigenvalue weighted by molar-refractivity contribution is 5.97.